The van der Waals surface area contributed by atoms with Gasteiger partial charge in [-0.3, -0.25) is 14.4 Å². The minimum Gasteiger partial charge on any atom is -0.462 e. The van der Waals surface area contributed by atoms with Gasteiger partial charge in [0.15, 0.2) is 6.10 Å². The molecule has 0 rings (SSSR count). The smallest absolute Gasteiger partial charge is 0.306 e. The van der Waals surface area contributed by atoms with E-state index in [2.05, 4.69) is 45.1 Å². The summed E-state index contributed by atoms with van der Waals surface area (Å²) in [7, 11) is 0. The van der Waals surface area contributed by atoms with Crippen molar-refractivity contribution in [3.63, 3.8) is 0 Å². The topological polar surface area (TPSA) is 78.9 Å². The first kappa shape index (κ1) is 58.9. The van der Waals surface area contributed by atoms with Crippen molar-refractivity contribution >= 4 is 17.9 Å². The minimum absolute atomic E-state index is 0.0699. The molecule has 0 bridgehead atoms. The summed E-state index contributed by atoms with van der Waals surface area (Å²) in [6, 6.07) is 0. The maximum absolute atomic E-state index is 12.8. The first-order valence-corrected chi connectivity index (χ1v) is 26.8. The molecule has 0 aliphatic carbocycles. The van der Waals surface area contributed by atoms with E-state index in [4.69, 9.17) is 14.2 Å². The third-order valence-electron chi connectivity index (χ3n) is 12.0. The number of hydrogen-bond donors (Lipinski definition) is 0. The van der Waals surface area contributed by atoms with Crippen molar-refractivity contribution in [2.45, 2.75) is 297 Å². The lowest BCUT2D eigenvalue weighted by Gasteiger charge is -2.18. The summed E-state index contributed by atoms with van der Waals surface area (Å²) >= 11 is 0. The summed E-state index contributed by atoms with van der Waals surface area (Å²) in [5.41, 5.74) is 0. The van der Waals surface area contributed by atoms with Crippen molar-refractivity contribution in [2.24, 2.45) is 0 Å². The van der Waals surface area contributed by atoms with Gasteiger partial charge in [0.2, 0.25) is 0 Å². The van der Waals surface area contributed by atoms with Crippen LogP contribution in [-0.4, -0.2) is 37.2 Å². The van der Waals surface area contributed by atoms with E-state index >= 15 is 0 Å². The molecule has 0 aromatic carbocycles. The van der Waals surface area contributed by atoms with Gasteiger partial charge in [-0.1, -0.05) is 244 Å². The van der Waals surface area contributed by atoms with E-state index in [1.54, 1.807) is 0 Å². The van der Waals surface area contributed by atoms with Crippen molar-refractivity contribution in [1.29, 1.82) is 0 Å². The number of unbranched alkanes of at least 4 members (excludes halogenated alkanes) is 34. The first-order chi connectivity index (χ1) is 30.0. The molecular formula is C55H102O6. The van der Waals surface area contributed by atoms with Gasteiger partial charge in [0.1, 0.15) is 13.2 Å². The predicted octanol–water partition coefficient (Wildman–Crippen LogP) is 17.5. The molecule has 0 N–H and O–H groups in total. The average molecular weight is 859 g/mol. The van der Waals surface area contributed by atoms with Crippen LogP contribution in [0.5, 0.6) is 0 Å². The van der Waals surface area contributed by atoms with Crippen LogP contribution < -0.4 is 0 Å². The van der Waals surface area contributed by atoms with Crippen molar-refractivity contribution in [3.05, 3.63) is 24.3 Å². The van der Waals surface area contributed by atoms with Gasteiger partial charge in [-0.25, -0.2) is 0 Å². The Hall–Kier alpha value is -2.11. The second kappa shape index (κ2) is 50.5. The average Bonchev–Trinajstić information content (AvgIpc) is 3.26. The van der Waals surface area contributed by atoms with Gasteiger partial charge in [-0.2, -0.15) is 0 Å². The summed E-state index contributed by atoms with van der Waals surface area (Å²) in [6.45, 7) is 6.61. The molecule has 61 heavy (non-hydrogen) atoms. The lowest BCUT2D eigenvalue weighted by Crippen LogP contribution is -2.30. The van der Waals surface area contributed by atoms with Crippen molar-refractivity contribution in [3.8, 4) is 0 Å². The molecule has 1 unspecified atom stereocenters. The standard InChI is InChI=1S/C55H102O6/c1-4-7-10-13-16-18-20-22-24-26-28-30-32-34-36-39-42-45-48-54(57)60-51-52(50-59-53(56)47-44-41-38-15-12-9-6-3)61-55(58)49-46-43-40-37-35-33-31-29-27-25-23-21-19-17-14-11-8-5-2/h18,20,24,26,52H,4-17,19,21-23,25,27-51H2,1-3H3/b20-18-,26-24-. The van der Waals surface area contributed by atoms with E-state index in [0.29, 0.717) is 19.3 Å². The highest BCUT2D eigenvalue weighted by Crippen LogP contribution is 2.16. The molecule has 0 aromatic rings. The summed E-state index contributed by atoms with van der Waals surface area (Å²) in [5, 5.41) is 0. The third-order valence-corrected chi connectivity index (χ3v) is 12.0. The molecule has 0 spiro atoms. The van der Waals surface area contributed by atoms with Crippen LogP contribution in [0, 0.1) is 0 Å². The van der Waals surface area contributed by atoms with E-state index in [9.17, 15) is 14.4 Å². The van der Waals surface area contributed by atoms with E-state index < -0.39 is 6.10 Å². The first-order valence-electron chi connectivity index (χ1n) is 26.8. The Bertz CT molecular complexity index is 989. The van der Waals surface area contributed by atoms with Gasteiger partial charge in [0, 0.05) is 19.3 Å². The largest absolute Gasteiger partial charge is 0.462 e. The molecule has 0 aliphatic heterocycles. The fourth-order valence-corrected chi connectivity index (χ4v) is 7.89. The molecule has 0 saturated carbocycles. The molecule has 0 aromatic heterocycles. The molecule has 0 radical (unpaired) electrons. The van der Waals surface area contributed by atoms with Gasteiger partial charge in [0.05, 0.1) is 0 Å². The summed E-state index contributed by atoms with van der Waals surface area (Å²) in [6.07, 6.45) is 57.5. The molecule has 1 atom stereocenters. The Morgan fingerprint density at radius 1 is 0.328 bits per heavy atom. The minimum atomic E-state index is -0.767. The highest BCUT2D eigenvalue weighted by atomic mass is 16.6. The van der Waals surface area contributed by atoms with Gasteiger partial charge < -0.3 is 14.2 Å². The normalized spacial score (nSPS) is 12.1. The summed E-state index contributed by atoms with van der Waals surface area (Å²) < 4.78 is 16.8. The zero-order valence-electron chi connectivity index (χ0n) is 40.9. The molecule has 6 heteroatoms. The van der Waals surface area contributed by atoms with E-state index in [1.165, 1.54) is 180 Å². The second-order valence-corrected chi connectivity index (χ2v) is 18.2. The molecule has 0 fully saturated rings. The number of rotatable bonds is 49. The van der Waals surface area contributed by atoms with Crippen molar-refractivity contribution in [2.75, 3.05) is 13.2 Å². The Labute approximate surface area is 379 Å². The Balaban J connectivity index is 4.21. The quantitative estimate of drug-likeness (QED) is 0.0262. The maximum Gasteiger partial charge on any atom is 0.306 e. The van der Waals surface area contributed by atoms with Crippen LogP contribution in [0.1, 0.15) is 290 Å². The van der Waals surface area contributed by atoms with E-state index in [-0.39, 0.29) is 31.1 Å². The van der Waals surface area contributed by atoms with Gasteiger partial charge >= 0.3 is 17.9 Å². The number of allylic oxidation sites excluding steroid dienone is 4. The van der Waals surface area contributed by atoms with Crippen LogP contribution in [-0.2, 0) is 28.6 Å². The lowest BCUT2D eigenvalue weighted by atomic mass is 10.0. The van der Waals surface area contributed by atoms with Crippen LogP contribution in [0.3, 0.4) is 0 Å². The van der Waals surface area contributed by atoms with E-state index in [1.807, 2.05) is 0 Å². The highest BCUT2D eigenvalue weighted by molar-refractivity contribution is 5.71. The molecular weight excluding hydrogens is 757 g/mol. The van der Waals surface area contributed by atoms with Gasteiger partial charge in [-0.15, -0.1) is 0 Å². The van der Waals surface area contributed by atoms with Crippen LogP contribution in [0.4, 0.5) is 0 Å². The Kier molecular flexibility index (Phi) is 48.8. The third kappa shape index (κ3) is 48.8. The van der Waals surface area contributed by atoms with Crippen LogP contribution in [0.2, 0.25) is 0 Å². The van der Waals surface area contributed by atoms with Gasteiger partial charge in [-0.05, 0) is 51.4 Å². The van der Waals surface area contributed by atoms with Crippen LogP contribution >= 0.6 is 0 Å². The van der Waals surface area contributed by atoms with Crippen molar-refractivity contribution < 1.29 is 28.6 Å². The monoisotopic (exact) mass is 859 g/mol. The maximum atomic E-state index is 12.8. The summed E-state index contributed by atoms with van der Waals surface area (Å²) in [4.78, 5) is 37.8. The molecule has 0 aliphatic rings. The molecule has 0 saturated heterocycles. The van der Waals surface area contributed by atoms with Gasteiger partial charge in [0.25, 0.3) is 0 Å². The number of hydrogen-bond acceptors (Lipinski definition) is 6. The number of carbonyl (C=O) groups is 3. The summed E-state index contributed by atoms with van der Waals surface area (Å²) in [5.74, 6) is -0.869. The molecule has 0 amide bonds. The SMILES string of the molecule is CCCCCC/C=C\C/C=C\CCCCCCCCCC(=O)OCC(COC(=O)CCCCCCCCC)OC(=O)CCCCCCCCCCCCCCCCCCCC. The van der Waals surface area contributed by atoms with Crippen LogP contribution in [0.25, 0.3) is 0 Å². The lowest BCUT2D eigenvalue weighted by molar-refractivity contribution is -0.167. The number of esters is 3. The predicted molar refractivity (Wildman–Crippen MR) is 261 cm³/mol. The number of carbonyl (C=O) groups excluding carboxylic acids is 3. The number of ether oxygens (including phenoxy) is 3. The second-order valence-electron chi connectivity index (χ2n) is 18.2. The fraction of sp³-hybridized carbons (Fsp3) is 0.873. The molecule has 358 valence electrons. The zero-order valence-corrected chi connectivity index (χ0v) is 40.9. The van der Waals surface area contributed by atoms with E-state index in [0.717, 1.165) is 70.6 Å². The highest BCUT2D eigenvalue weighted by Gasteiger charge is 2.19. The zero-order chi connectivity index (χ0) is 44.4. The fourth-order valence-electron chi connectivity index (χ4n) is 7.89. The Morgan fingerprint density at radius 3 is 0.918 bits per heavy atom. The molecule has 6 nitrogen and oxygen atoms in total. The van der Waals surface area contributed by atoms with Crippen LogP contribution in [0.15, 0.2) is 24.3 Å². The van der Waals surface area contributed by atoms with Crippen molar-refractivity contribution in [1.82, 2.24) is 0 Å². The Morgan fingerprint density at radius 2 is 0.590 bits per heavy atom. The molecule has 0 heterocycles.